The molecule has 0 saturated heterocycles. The van der Waals surface area contributed by atoms with Crippen molar-refractivity contribution in [3.63, 3.8) is 0 Å². The van der Waals surface area contributed by atoms with Gasteiger partial charge in [0.05, 0.1) is 5.60 Å². The van der Waals surface area contributed by atoms with Crippen LogP contribution in [0.1, 0.15) is 98.8 Å². The third kappa shape index (κ3) is 8.24. The lowest BCUT2D eigenvalue weighted by Crippen LogP contribution is -2.26. The Kier molecular flexibility index (Phi) is 8.31. The quantitative estimate of drug-likeness (QED) is 0.611. The van der Waals surface area contributed by atoms with Gasteiger partial charge in [-0.3, -0.25) is 0 Å². The lowest BCUT2D eigenvalue weighted by atomic mass is 9.80. The minimum Gasteiger partial charge on any atom is -0.390 e. The molecule has 21 heavy (non-hydrogen) atoms. The van der Waals surface area contributed by atoms with Gasteiger partial charge in [-0.1, -0.05) is 66.2 Å². The SMILES string of the molecule is CC1CCCC(C)CCC(C(C)C)CCC(C)(O)CCC1. The van der Waals surface area contributed by atoms with E-state index in [0.29, 0.717) is 0 Å². The molecule has 1 aliphatic rings. The van der Waals surface area contributed by atoms with Crippen LogP contribution in [0, 0.1) is 23.7 Å². The number of rotatable bonds is 1. The van der Waals surface area contributed by atoms with E-state index in [0.717, 1.165) is 36.5 Å². The number of aliphatic hydroxyl groups is 1. The van der Waals surface area contributed by atoms with Crippen LogP contribution in [0.5, 0.6) is 0 Å². The molecule has 0 aromatic carbocycles. The topological polar surface area (TPSA) is 20.2 Å². The van der Waals surface area contributed by atoms with Crippen LogP contribution in [0.25, 0.3) is 0 Å². The fourth-order valence-corrected chi connectivity index (χ4v) is 3.87. The second-order valence-corrected chi connectivity index (χ2v) is 8.65. The van der Waals surface area contributed by atoms with Gasteiger partial charge in [0.1, 0.15) is 0 Å². The van der Waals surface area contributed by atoms with E-state index in [4.69, 9.17) is 0 Å². The van der Waals surface area contributed by atoms with Crippen molar-refractivity contribution >= 4 is 0 Å². The maximum atomic E-state index is 10.6. The molecule has 0 aromatic rings. The molecule has 0 radical (unpaired) electrons. The van der Waals surface area contributed by atoms with Crippen LogP contribution >= 0.6 is 0 Å². The van der Waals surface area contributed by atoms with Crippen LogP contribution in [0.15, 0.2) is 0 Å². The van der Waals surface area contributed by atoms with Crippen molar-refractivity contribution in [2.45, 2.75) is 104 Å². The molecule has 0 aliphatic heterocycles. The summed E-state index contributed by atoms with van der Waals surface area (Å²) in [5.74, 6) is 3.25. The summed E-state index contributed by atoms with van der Waals surface area (Å²) < 4.78 is 0. The molecule has 1 heteroatoms. The molecule has 1 aliphatic carbocycles. The van der Waals surface area contributed by atoms with E-state index in [1.54, 1.807) is 0 Å². The molecule has 1 nitrogen and oxygen atoms in total. The predicted molar refractivity (Wildman–Crippen MR) is 93.4 cm³/mol. The van der Waals surface area contributed by atoms with Crippen LogP contribution in [0.3, 0.4) is 0 Å². The zero-order chi connectivity index (χ0) is 15.9. The van der Waals surface area contributed by atoms with Gasteiger partial charge in [0.2, 0.25) is 0 Å². The molecule has 1 saturated carbocycles. The number of hydrogen-bond acceptors (Lipinski definition) is 1. The Balaban J connectivity index is 2.60. The highest BCUT2D eigenvalue weighted by atomic mass is 16.3. The van der Waals surface area contributed by atoms with E-state index in [9.17, 15) is 5.11 Å². The molecule has 0 amide bonds. The van der Waals surface area contributed by atoms with Crippen molar-refractivity contribution in [3.8, 4) is 0 Å². The zero-order valence-electron chi connectivity index (χ0n) is 15.3. The average Bonchev–Trinajstić information content (AvgIpc) is 2.37. The van der Waals surface area contributed by atoms with Crippen LogP contribution in [0.4, 0.5) is 0 Å². The monoisotopic (exact) mass is 296 g/mol. The molecule has 0 bridgehead atoms. The Labute approximate surface area is 133 Å². The standard InChI is InChI=1S/C20H40O/c1-16(2)19-12-11-18(4)9-6-8-17(3)10-7-14-20(5,21)15-13-19/h16-19,21H,6-15H2,1-5H3. The summed E-state index contributed by atoms with van der Waals surface area (Å²) in [6, 6.07) is 0. The molecule has 126 valence electrons. The summed E-state index contributed by atoms with van der Waals surface area (Å²) in [5, 5.41) is 10.6. The first-order valence-electron chi connectivity index (χ1n) is 9.52. The van der Waals surface area contributed by atoms with Gasteiger partial charge in [-0.15, -0.1) is 0 Å². The summed E-state index contributed by atoms with van der Waals surface area (Å²) in [6.45, 7) is 11.6. The molecule has 1 fully saturated rings. The third-order valence-electron chi connectivity index (χ3n) is 5.83. The molecular formula is C20H40O. The van der Waals surface area contributed by atoms with Gasteiger partial charge < -0.3 is 5.11 Å². The van der Waals surface area contributed by atoms with Gasteiger partial charge in [0.15, 0.2) is 0 Å². The minimum absolute atomic E-state index is 0.442. The second kappa shape index (κ2) is 9.18. The maximum absolute atomic E-state index is 10.6. The van der Waals surface area contributed by atoms with E-state index in [1.165, 1.54) is 51.4 Å². The van der Waals surface area contributed by atoms with E-state index in [2.05, 4.69) is 34.6 Å². The van der Waals surface area contributed by atoms with Crippen molar-refractivity contribution in [1.29, 1.82) is 0 Å². The van der Waals surface area contributed by atoms with Crippen LogP contribution < -0.4 is 0 Å². The fraction of sp³-hybridized carbons (Fsp3) is 1.00. The van der Waals surface area contributed by atoms with Gasteiger partial charge in [-0.2, -0.15) is 0 Å². The highest BCUT2D eigenvalue weighted by molar-refractivity contribution is 4.77. The van der Waals surface area contributed by atoms with Gasteiger partial charge in [0.25, 0.3) is 0 Å². The van der Waals surface area contributed by atoms with E-state index in [1.807, 2.05) is 0 Å². The Morgan fingerprint density at radius 2 is 1.38 bits per heavy atom. The Hall–Kier alpha value is -0.0400. The van der Waals surface area contributed by atoms with Crippen molar-refractivity contribution in [3.05, 3.63) is 0 Å². The highest BCUT2D eigenvalue weighted by Gasteiger charge is 2.24. The molecular weight excluding hydrogens is 256 g/mol. The summed E-state index contributed by atoms with van der Waals surface area (Å²) in [7, 11) is 0. The van der Waals surface area contributed by atoms with Crippen molar-refractivity contribution in [1.82, 2.24) is 0 Å². The van der Waals surface area contributed by atoms with E-state index >= 15 is 0 Å². The van der Waals surface area contributed by atoms with Crippen LogP contribution in [-0.4, -0.2) is 10.7 Å². The van der Waals surface area contributed by atoms with E-state index < -0.39 is 5.60 Å². The third-order valence-corrected chi connectivity index (χ3v) is 5.83. The van der Waals surface area contributed by atoms with Gasteiger partial charge in [-0.05, 0) is 56.3 Å². The van der Waals surface area contributed by atoms with Crippen LogP contribution in [-0.2, 0) is 0 Å². The summed E-state index contributed by atoms with van der Waals surface area (Å²) in [5.41, 5.74) is -0.442. The minimum atomic E-state index is -0.442. The second-order valence-electron chi connectivity index (χ2n) is 8.65. The van der Waals surface area contributed by atoms with E-state index in [-0.39, 0.29) is 0 Å². The molecule has 0 heterocycles. The lowest BCUT2D eigenvalue weighted by Gasteiger charge is -2.29. The normalized spacial score (nSPS) is 38.1. The van der Waals surface area contributed by atoms with Gasteiger partial charge in [0, 0.05) is 0 Å². The average molecular weight is 297 g/mol. The fourth-order valence-electron chi connectivity index (χ4n) is 3.87. The Morgan fingerprint density at radius 1 is 0.810 bits per heavy atom. The first kappa shape index (κ1) is 19.0. The Bertz CT molecular complexity index is 269. The summed E-state index contributed by atoms with van der Waals surface area (Å²) >= 11 is 0. The summed E-state index contributed by atoms with van der Waals surface area (Å²) in [4.78, 5) is 0. The van der Waals surface area contributed by atoms with Crippen molar-refractivity contribution in [2.75, 3.05) is 0 Å². The molecule has 1 rings (SSSR count). The Morgan fingerprint density at radius 3 is 2.00 bits per heavy atom. The molecule has 4 unspecified atom stereocenters. The lowest BCUT2D eigenvalue weighted by molar-refractivity contribution is 0.0287. The first-order chi connectivity index (χ1) is 9.80. The molecule has 4 atom stereocenters. The summed E-state index contributed by atoms with van der Waals surface area (Å²) in [6.07, 6.45) is 12.6. The highest BCUT2D eigenvalue weighted by Crippen LogP contribution is 2.31. The van der Waals surface area contributed by atoms with Crippen molar-refractivity contribution in [2.24, 2.45) is 23.7 Å². The molecule has 0 aromatic heterocycles. The molecule has 1 N–H and O–H groups in total. The first-order valence-corrected chi connectivity index (χ1v) is 9.52. The largest absolute Gasteiger partial charge is 0.390 e. The van der Waals surface area contributed by atoms with Crippen molar-refractivity contribution < 1.29 is 5.11 Å². The predicted octanol–water partition coefficient (Wildman–Crippen LogP) is 6.20. The maximum Gasteiger partial charge on any atom is 0.0619 e. The van der Waals surface area contributed by atoms with Gasteiger partial charge >= 0.3 is 0 Å². The zero-order valence-corrected chi connectivity index (χ0v) is 15.3. The molecule has 0 spiro atoms. The number of hydrogen-bond donors (Lipinski definition) is 1. The van der Waals surface area contributed by atoms with Crippen LogP contribution in [0.2, 0.25) is 0 Å². The smallest absolute Gasteiger partial charge is 0.0619 e. The van der Waals surface area contributed by atoms with Gasteiger partial charge in [-0.25, -0.2) is 0 Å².